The fourth-order valence-corrected chi connectivity index (χ4v) is 2.54. The molecule has 0 bridgehead atoms. The van der Waals surface area contributed by atoms with Crippen molar-refractivity contribution in [1.29, 1.82) is 0 Å². The maximum absolute atomic E-state index is 12.3. The summed E-state index contributed by atoms with van der Waals surface area (Å²) < 4.78 is 10.1. The Labute approximate surface area is 156 Å². The SMILES string of the molecule is COC(=O)CN(CC1CC1)C(=O)CCCOc1ccc([N+](=O)[O-])c(C=O)c1. The molecule has 0 aliphatic heterocycles. The van der Waals surface area contributed by atoms with Crippen molar-refractivity contribution in [3.8, 4) is 5.75 Å². The van der Waals surface area contributed by atoms with Crippen molar-refractivity contribution in [1.82, 2.24) is 4.90 Å². The molecule has 0 aromatic heterocycles. The standard InChI is InChI=1S/C18H22N2O7/c1-26-18(23)11-19(10-13-4-5-13)17(22)3-2-8-27-15-6-7-16(20(24)25)14(9-15)12-21/h6-7,9,12-13H,2-5,8,10-11H2,1H3. The number of methoxy groups -OCH3 is 1. The van der Waals surface area contributed by atoms with E-state index in [9.17, 15) is 24.5 Å². The smallest absolute Gasteiger partial charge is 0.325 e. The second-order valence-electron chi connectivity index (χ2n) is 6.34. The highest BCUT2D eigenvalue weighted by molar-refractivity contribution is 5.82. The van der Waals surface area contributed by atoms with Crippen molar-refractivity contribution in [2.24, 2.45) is 5.92 Å². The summed E-state index contributed by atoms with van der Waals surface area (Å²) in [5.41, 5.74) is -0.353. The van der Waals surface area contributed by atoms with E-state index >= 15 is 0 Å². The van der Waals surface area contributed by atoms with Gasteiger partial charge >= 0.3 is 5.97 Å². The molecule has 0 spiro atoms. The Bertz CT molecular complexity index is 716. The molecule has 146 valence electrons. The molecule has 1 saturated carbocycles. The molecule has 0 radical (unpaired) electrons. The van der Waals surface area contributed by atoms with Gasteiger partial charge in [-0.3, -0.25) is 24.5 Å². The number of carbonyl (C=O) groups excluding carboxylic acids is 3. The Morgan fingerprint density at radius 3 is 2.70 bits per heavy atom. The van der Waals surface area contributed by atoms with Crippen molar-refractivity contribution < 1.29 is 28.8 Å². The summed E-state index contributed by atoms with van der Waals surface area (Å²) in [4.78, 5) is 46.4. The topological polar surface area (TPSA) is 116 Å². The molecule has 0 heterocycles. The minimum Gasteiger partial charge on any atom is -0.494 e. The van der Waals surface area contributed by atoms with Crippen LogP contribution in [-0.2, 0) is 14.3 Å². The quantitative estimate of drug-likeness (QED) is 0.190. The molecule has 9 nitrogen and oxygen atoms in total. The lowest BCUT2D eigenvalue weighted by molar-refractivity contribution is -0.385. The molecule has 0 saturated heterocycles. The van der Waals surface area contributed by atoms with E-state index in [1.54, 1.807) is 0 Å². The fraction of sp³-hybridized carbons (Fsp3) is 0.500. The maximum atomic E-state index is 12.3. The number of rotatable bonds is 11. The van der Waals surface area contributed by atoms with Crippen LogP contribution in [0.4, 0.5) is 5.69 Å². The van der Waals surface area contributed by atoms with E-state index < -0.39 is 10.9 Å². The highest BCUT2D eigenvalue weighted by atomic mass is 16.6. The van der Waals surface area contributed by atoms with E-state index in [1.807, 2.05) is 0 Å². The second kappa shape index (κ2) is 9.65. The molecule has 9 heteroatoms. The highest BCUT2D eigenvalue weighted by Crippen LogP contribution is 2.30. The molecule has 1 amide bonds. The zero-order valence-corrected chi connectivity index (χ0v) is 15.1. The van der Waals surface area contributed by atoms with E-state index in [-0.39, 0.29) is 36.7 Å². The number of aldehydes is 1. The summed E-state index contributed by atoms with van der Waals surface area (Å²) >= 11 is 0. The average Bonchev–Trinajstić information content (AvgIpc) is 3.48. The fourth-order valence-electron chi connectivity index (χ4n) is 2.54. The van der Waals surface area contributed by atoms with Crippen LogP contribution in [0.15, 0.2) is 18.2 Å². The molecule has 1 aliphatic carbocycles. The van der Waals surface area contributed by atoms with Crippen molar-refractivity contribution in [2.75, 3.05) is 26.8 Å². The van der Waals surface area contributed by atoms with E-state index in [0.717, 1.165) is 12.8 Å². The minimum atomic E-state index is -0.637. The van der Waals surface area contributed by atoms with Crippen LogP contribution in [0.25, 0.3) is 0 Å². The molecule has 0 atom stereocenters. The van der Waals surface area contributed by atoms with Crippen LogP contribution in [0.2, 0.25) is 0 Å². The van der Waals surface area contributed by atoms with Gasteiger partial charge in [-0.05, 0) is 37.3 Å². The lowest BCUT2D eigenvalue weighted by Crippen LogP contribution is -2.37. The Morgan fingerprint density at radius 2 is 2.11 bits per heavy atom. The first-order valence-corrected chi connectivity index (χ1v) is 8.65. The first-order valence-electron chi connectivity index (χ1n) is 8.65. The number of hydrogen-bond donors (Lipinski definition) is 0. The van der Waals surface area contributed by atoms with Gasteiger partial charge in [-0.1, -0.05) is 0 Å². The number of esters is 1. The molecule has 1 fully saturated rings. The van der Waals surface area contributed by atoms with E-state index in [2.05, 4.69) is 4.74 Å². The lowest BCUT2D eigenvalue weighted by Gasteiger charge is -2.21. The number of nitro benzene ring substituents is 1. The van der Waals surface area contributed by atoms with Gasteiger partial charge in [0.25, 0.3) is 5.69 Å². The minimum absolute atomic E-state index is 0.0578. The second-order valence-corrected chi connectivity index (χ2v) is 6.34. The molecule has 0 unspecified atom stereocenters. The zero-order valence-electron chi connectivity index (χ0n) is 15.1. The van der Waals surface area contributed by atoms with Crippen LogP contribution in [0.5, 0.6) is 5.75 Å². The Morgan fingerprint density at radius 1 is 1.37 bits per heavy atom. The van der Waals surface area contributed by atoms with Gasteiger partial charge in [0.05, 0.1) is 24.2 Å². The highest BCUT2D eigenvalue weighted by Gasteiger charge is 2.27. The number of hydrogen-bond acceptors (Lipinski definition) is 7. The first-order chi connectivity index (χ1) is 12.9. The van der Waals surface area contributed by atoms with Crippen LogP contribution in [0, 0.1) is 16.0 Å². The Kier molecular flexibility index (Phi) is 7.27. The summed E-state index contributed by atoms with van der Waals surface area (Å²) in [6, 6.07) is 3.91. The third kappa shape index (κ3) is 6.36. The van der Waals surface area contributed by atoms with Gasteiger partial charge in [0.1, 0.15) is 12.3 Å². The van der Waals surface area contributed by atoms with E-state index in [4.69, 9.17) is 4.74 Å². The predicted octanol–water partition coefficient (Wildman–Crippen LogP) is 1.98. The molecule has 0 N–H and O–H groups in total. The number of nitro groups is 1. The van der Waals surface area contributed by atoms with Crippen molar-refractivity contribution in [3.05, 3.63) is 33.9 Å². The summed E-state index contributed by atoms with van der Waals surface area (Å²) in [7, 11) is 1.29. The molecular formula is C18H22N2O7. The van der Waals surface area contributed by atoms with Gasteiger partial charge in [0.2, 0.25) is 5.91 Å². The Balaban J connectivity index is 1.82. The lowest BCUT2D eigenvalue weighted by atomic mass is 10.2. The predicted molar refractivity (Wildman–Crippen MR) is 94.5 cm³/mol. The van der Waals surface area contributed by atoms with Gasteiger partial charge in [-0.15, -0.1) is 0 Å². The molecule has 1 aromatic rings. The van der Waals surface area contributed by atoms with Crippen LogP contribution >= 0.6 is 0 Å². The number of carbonyl (C=O) groups is 3. The molecular weight excluding hydrogens is 356 g/mol. The molecule has 1 aromatic carbocycles. The van der Waals surface area contributed by atoms with Crippen molar-refractivity contribution in [2.45, 2.75) is 25.7 Å². The normalized spacial score (nSPS) is 12.9. The monoisotopic (exact) mass is 378 g/mol. The molecule has 27 heavy (non-hydrogen) atoms. The Hall–Kier alpha value is -2.97. The third-order valence-corrected chi connectivity index (χ3v) is 4.20. The van der Waals surface area contributed by atoms with Gasteiger partial charge in [0.15, 0.2) is 6.29 Å². The van der Waals surface area contributed by atoms with Gasteiger partial charge in [0, 0.05) is 19.0 Å². The largest absolute Gasteiger partial charge is 0.494 e. The summed E-state index contributed by atoms with van der Waals surface area (Å²) in [6.45, 7) is 0.703. The van der Waals surface area contributed by atoms with Crippen LogP contribution in [0.3, 0.4) is 0 Å². The van der Waals surface area contributed by atoms with E-state index in [0.29, 0.717) is 30.9 Å². The van der Waals surface area contributed by atoms with Gasteiger partial charge in [-0.25, -0.2) is 0 Å². The molecule has 2 rings (SSSR count). The number of ether oxygens (including phenoxy) is 2. The third-order valence-electron chi connectivity index (χ3n) is 4.20. The van der Waals surface area contributed by atoms with Crippen LogP contribution in [0.1, 0.15) is 36.0 Å². The summed E-state index contributed by atoms with van der Waals surface area (Å²) in [6.07, 6.45) is 3.14. The van der Waals surface area contributed by atoms with Gasteiger partial charge in [-0.2, -0.15) is 0 Å². The number of amides is 1. The average molecular weight is 378 g/mol. The zero-order chi connectivity index (χ0) is 19.8. The number of benzene rings is 1. The van der Waals surface area contributed by atoms with Crippen molar-refractivity contribution in [3.63, 3.8) is 0 Å². The number of nitrogens with zero attached hydrogens (tertiary/aromatic N) is 2. The summed E-state index contributed by atoms with van der Waals surface area (Å²) in [5.74, 6) is 0.178. The van der Waals surface area contributed by atoms with E-state index in [1.165, 1.54) is 30.2 Å². The molecule has 1 aliphatic rings. The first kappa shape index (κ1) is 20.3. The van der Waals surface area contributed by atoms with Gasteiger partial charge < -0.3 is 14.4 Å². The summed E-state index contributed by atoms with van der Waals surface area (Å²) in [5, 5.41) is 10.8. The van der Waals surface area contributed by atoms with Crippen LogP contribution < -0.4 is 4.74 Å². The van der Waals surface area contributed by atoms with Crippen LogP contribution in [-0.4, -0.2) is 54.8 Å². The maximum Gasteiger partial charge on any atom is 0.325 e. The van der Waals surface area contributed by atoms with Crippen molar-refractivity contribution >= 4 is 23.9 Å².